The molecule has 0 spiro atoms. The zero-order valence-corrected chi connectivity index (χ0v) is 23.4. The summed E-state index contributed by atoms with van der Waals surface area (Å²) in [5.74, 6) is 1.75. The van der Waals surface area contributed by atoms with Gasteiger partial charge in [-0.3, -0.25) is 9.80 Å². The van der Waals surface area contributed by atoms with E-state index in [-0.39, 0.29) is 0 Å². The van der Waals surface area contributed by atoms with E-state index >= 15 is 0 Å². The highest BCUT2D eigenvalue weighted by molar-refractivity contribution is 5.98. The van der Waals surface area contributed by atoms with Gasteiger partial charge in [0.25, 0.3) is 0 Å². The van der Waals surface area contributed by atoms with Crippen molar-refractivity contribution in [1.29, 1.82) is 0 Å². The van der Waals surface area contributed by atoms with Crippen molar-refractivity contribution in [3.05, 3.63) is 134 Å². The van der Waals surface area contributed by atoms with Crippen LogP contribution in [-0.4, -0.2) is 24.1 Å². The van der Waals surface area contributed by atoms with Crippen LogP contribution in [0, 0.1) is 0 Å². The van der Waals surface area contributed by atoms with Crippen molar-refractivity contribution >= 4 is 57.1 Å². The lowest BCUT2D eigenvalue weighted by Crippen LogP contribution is -2.24. The average Bonchev–Trinajstić information content (AvgIpc) is 3.06. The Morgan fingerprint density at radius 1 is 0.357 bits per heavy atom. The third kappa shape index (κ3) is 3.65. The first-order valence-electron chi connectivity index (χ1n) is 14.1. The minimum absolute atomic E-state index is 0.877. The van der Waals surface area contributed by atoms with Gasteiger partial charge in [0.2, 0.25) is 0 Å². The van der Waals surface area contributed by atoms with E-state index in [0.717, 1.165) is 68.3 Å². The van der Waals surface area contributed by atoms with Gasteiger partial charge in [0, 0.05) is 37.6 Å². The second-order valence-electron chi connectivity index (χ2n) is 10.6. The molecule has 8 rings (SSSR count). The van der Waals surface area contributed by atoms with Gasteiger partial charge in [-0.15, -0.1) is 0 Å². The zero-order valence-electron chi connectivity index (χ0n) is 23.4. The standard InChI is InChI=1S/C36H28N6/c1-39-27-11-3-7-15-31(27)41(32-16-8-4-12-28(32)39)35-21-19-25(23-37-35)26-20-22-36(38-24-26)42-33-17-9-5-13-29(33)40(2)30-14-6-10-18-34(30)42/h3-24H,1-2H3. The second-order valence-corrected chi connectivity index (χ2v) is 10.6. The maximum Gasteiger partial charge on any atom is 0.137 e. The number of rotatable bonds is 3. The topological polar surface area (TPSA) is 38.7 Å². The van der Waals surface area contributed by atoms with Crippen molar-refractivity contribution in [2.45, 2.75) is 0 Å². The van der Waals surface area contributed by atoms with Crippen LogP contribution >= 0.6 is 0 Å². The Bertz CT molecular complexity index is 1700. The van der Waals surface area contributed by atoms with Crippen LogP contribution in [0.3, 0.4) is 0 Å². The predicted molar refractivity (Wildman–Crippen MR) is 173 cm³/mol. The zero-order chi connectivity index (χ0) is 28.2. The molecule has 0 N–H and O–H groups in total. The van der Waals surface area contributed by atoms with E-state index < -0.39 is 0 Å². The van der Waals surface area contributed by atoms with Gasteiger partial charge in [-0.05, 0) is 72.8 Å². The predicted octanol–water partition coefficient (Wildman–Crippen LogP) is 9.25. The van der Waals surface area contributed by atoms with Crippen LogP contribution in [0.2, 0.25) is 0 Å². The summed E-state index contributed by atoms with van der Waals surface area (Å²) < 4.78 is 0. The molecule has 0 atom stereocenters. The van der Waals surface area contributed by atoms with Crippen LogP contribution in [0.25, 0.3) is 11.1 Å². The van der Waals surface area contributed by atoms with E-state index in [1.165, 1.54) is 0 Å². The normalized spacial score (nSPS) is 13.3. The minimum Gasteiger partial charge on any atom is -0.341 e. The minimum atomic E-state index is 0.877. The van der Waals surface area contributed by atoms with Crippen molar-refractivity contribution in [2.75, 3.05) is 33.7 Å². The van der Waals surface area contributed by atoms with Gasteiger partial charge in [0.15, 0.2) is 0 Å². The molecule has 0 fully saturated rings. The molecule has 0 saturated carbocycles. The fourth-order valence-electron chi connectivity index (χ4n) is 6.14. The molecule has 6 heteroatoms. The van der Waals surface area contributed by atoms with Crippen LogP contribution in [0.4, 0.5) is 57.1 Å². The van der Waals surface area contributed by atoms with E-state index in [4.69, 9.17) is 9.97 Å². The molecule has 0 aliphatic carbocycles. The van der Waals surface area contributed by atoms with Crippen molar-refractivity contribution in [3.63, 3.8) is 0 Å². The molecule has 42 heavy (non-hydrogen) atoms. The van der Waals surface area contributed by atoms with E-state index in [9.17, 15) is 0 Å². The average molecular weight is 545 g/mol. The maximum atomic E-state index is 4.95. The summed E-state index contributed by atoms with van der Waals surface area (Å²) in [7, 11) is 4.23. The molecule has 2 aliphatic rings. The number of hydrogen-bond donors (Lipinski definition) is 0. The Kier molecular flexibility index (Phi) is 5.47. The molecule has 0 unspecified atom stereocenters. The molecule has 0 radical (unpaired) electrons. The van der Waals surface area contributed by atoms with Gasteiger partial charge in [0.05, 0.1) is 45.5 Å². The molecule has 202 valence electrons. The number of aromatic nitrogens is 2. The van der Waals surface area contributed by atoms with E-state index in [0.29, 0.717) is 0 Å². The summed E-state index contributed by atoms with van der Waals surface area (Å²) in [5.41, 5.74) is 11.1. The first-order chi connectivity index (χ1) is 20.7. The molecule has 4 aromatic carbocycles. The van der Waals surface area contributed by atoms with Gasteiger partial charge in [-0.1, -0.05) is 48.5 Å². The van der Waals surface area contributed by atoms with Crippen molar-refractivity contribution in [1.82, 2.24) is 9.97 Å². The van der Waals surface area contributed by atoms with Crippen molar-refractivity contribution in [3.8, 4) is 11.1 Å². The van der Waals surface area contributed by atoms with E-state index in [1.807, 2.05) is 12.4 Å². The van der Waals surface area contributed by atoms with Gasteiger partial charge in [-0.25, -0.2) is 9.97 Å². The Labute approximate surface area is 245 Å². The summed E-state index contributed by atoms with van der Waals surface area (Å²) in [5, 5.41) is 0. The lowest BCUT2D eigenvalue weighted by molar-refractivity contribution is 1.10. The Hall–Kier alpha value is -5.62. The van der Waals surface area contributed by atoms with Gasteiger partial charge < -0.3 is 9.80 Å². The van der Waals surface area contributed by atoms with Gasteiger partial charge >= 0.3 is 0 Å². The number of benzene rings is 4. The third-order valence-corrected chi connectivity index (χ3v) is 8.22. The number of pyridine rings is 2. The number of hydrogen-bond acceptors (Lipinski definition) is 6. The molecular formula is C36H28N6. The molecule has 6 nitrogen and oxygen atoms in total. The van der Waals surface area contributed by atoms with Crippen LogP contribution < -0.4 is 19.6 Å². The second kappa shape index (κ2) is 9.49. The van der Waals surface area contributed by atoms with Crippen molar-refractivity contribution in [2.24, 2.45) is 0 Å². The lowest BCUT2D eigenvalue weighted by Gasteiger charge is -2.38. The van der Waals surface area contributed by atoms with Crippen LogP contribution in [0.15, 0.2) is 134 Å². The Morgan fingerprint density at radius 2 is 0.643 bits per heavy atom. The summed E-state index contributed by atoms with van der Waals surface area (Å²) in [4.78, 5) is 18.8. The third-order valence-electron chi connectivity index (χ3n) is 8.22. The molecule has 2 aliphatic heterocycles. The highest BCUT2D eigenvalue weighted by Gasteiger charge is 2.29. The number of fused-ring (bicyclic) bond motifs is 4. The maximum absolute atomic E-state index is 4.95. The quantitative estimate of drug-likeness (QED) is 0.221. The summed E-state index contributed by atoms with van der Waals surface area (Å²) in [6, 6.07) is 42.2. The van der Waals surface area contributed by atoms with Gasteiger partial charge in [0.1, 0.15) is 11.6 Å². The first-order valence-corrected chi connectivity index (χ1v) is 14.1. The van der Waals surface area contributed by atoms with E-state index in [1.54, 1.807) is 0 Å². The fraction of sp³-hybridized carbons (Fsp3) is 0.0556. The summed E-state index contributed by atoms with van der Waals surface area (Å²) in [6.07, 6.45) is 3.88. The molecule has 0 bridgehead atoms. The highest BCUT2D eigenvalue weighted by atomic mass is 15.3. The van der Waals surface area contributed by atoms with Crippen LogP contribution in [-0.2, 0) is 0 Å². The molecule has 0 amide bonds. The Balaban J connectivity index is 1.14. The highest BCUT2D eigenvalue weighted by Crippen LogP contribution is 2.51. The summed E-state index contributed by atoms with van der Waals surface area (Å²) in [6.45, 7) is 0. The van der Waals surface area contributed by atoms with Crippen LogP contribution in [0.1, 0.15) is 0 Å². The molecular weight excluding hydrogens is 516 g/mol. The number of anilines is 10. The SMILES string of the molecule is CN1c2ccccc2N(c2ccc(-c3ccc(N4c5ccccc5N(C)c5ccccc54)nc3)cn2)c2ccccc21. The molecule has 2 aromatic heterocycles. The van der Waals surface area contributed by atoms with Crippen molar-refractivity contribution < 1.29 is 0 Å². The molecule has 0 saturated heterocycles. The number of nitrogens with zero attached hydrogens (tertiary/aromatic N) is 6. The fourth-order valence-corrected chi connectivity index (χ4v) is 6.14. The monoisotopic (exact) mass is 544 g/mol. The van der Waals surface area contributed by atoms with Crippen LogP contribution in [0.5, 0.6) is 0 Å². The largest absolute Gasteiger partial charge is 0.341 e. The lowest BCUT2D eigenvalue weighted by atomic mass is 10.1. The molecule has 6 aromatic rings. The number of para-hydroxylation sites is 8. The molecule has 4 heterocycles. The first kappa shape index (κ1) is 24.2. The Morgan fingerprint density at radius 3 is 0.905 bits per heavy atom. The van der Waals surface area contributed by atoms with Gasteiger partial charge in [-0.2, -0.15) is 0 Å². The smallest absolute Gasteiger partial charge is 0.137 e. The van der Waals surface area contributed by atoms with E-state index in [2.05, 4.69) is 155 Å². The summed E-state index contributed by atoms with van der Waals surface area (Å²) >= 11 is 0.